The van der Waals surface area contributed by atoms with Gasteiger partial charge in [0.05, 0.1) is 16.8 Å². The summed E-state index contributed by atoms with van der Waals surface area (Å²) in [5, 5.41) is 7.01. The Morgan fingerprint density at radius 3 is 2.60 bits per heavy atom. The molecule has 0 bridgehead atoms. The normalized spacial score (nSPS) is 12.3. The number of hydrogen-bond acceptors (Lipinski definition) is 1. The zero-order valence-corrected chi connectivity index (χ0v) is 9.20. The molecule has 1 aromatic carbocycles. The Morgan fingerprint density at radius 1 is 1.33 bits per heavy atom. The van der Waals surface area contributed by atoms with E-state index in [1.807, 2.05) is 0 Å². The van der Waals surface area contributed by atoms with Gasteiger partial charge in [-0.2, -0.15) is 18.3 Å². The topological polar surface area (TPSA) is 28.7 Å². The van der Waals surface area contributed by atoms with Gasteiger partial charge in [-0.15, -0.1) is 0 Å². The molecular formula is C9H6BrF3N2. The van der Waals surface area contributed by atoms with Gasteiger partial charge in [0.2, 0.25) is 0 Å². The lowest BCUT2D eigenvalue weighted by Gasteiger charge is -2.07. The summed E-state index contributed by atoms with van der Waals surface area (Å²) >= 11 is 3.08. The van der Waals surface area contributed by atoms with Crippen LogP contribution in [0.25, 0.3) is 10.9 Å². The van der Waals surface area contributed by atoms with E-state index < -0.39 is 11.7 Å². The standard InChI is InChI=1S/C9H6BrF3N2/c1-4-6-2-5(9(11,12)13)3-7(10)8(6)15-14-4/h2-3H,1H3,(H,14,15). The summed E-state index contributed by atoms with van der Waals surface area (Å²) in [7, 11) is 0. The monoisotopic (exact) mass is 278 g/mol. The van der Waals surface area contributed by atoms with Gasteiger partial charge in [0.25, 0.3) is 0 Å². The minimum atomic E-state index is -4.33. The molecule has 2 nitrogen and oxygen atoms in total. The van der Waals surface area contributed by atoms with Crippen LogP contribution < -0.4 is 0 Å². The van der Waals surface area contributed by atoms with Crippen LogP contribution in [0.2, 0.25) is 0 Å². The van der Waals surface area contributed by atoms with Crippen molar-refractivity contribution >= 4 is 26.8 Å². The second kappa shape index (κ2) is 3.23. The second-order valence-corrected chi connectivity index (χ2v) is 4.04. The number of aryl methyl sites for hydroxylation is 1. The summed E-state index contributed by atoms with van der Waals surface area (Å²) in [6, 6.07) is 2.14. The maximum absolute atomic E-state index is 12.5. The van der Waals surface area contributed by atoms with E-state index in [2.05, 4.69) is 26.1 Å². The lowest BCUT2D eigenvalue weighted by Crippen LogP contribution is -2.04. The molecule has 2 rings (SSSR count). The lowest BCUT2D eigenvalue weighted by molar-refractivity contribution is -0.137. The van der Waals surface area contributed by atoms with E-state index in [1.165, 1.54) is 0 Å². The average Bonchev–Trinajstić information content (AvgIpc) is 2.47. The maximum Gasteiger partial charge on any atom is 0.416 e. The van der Waals surface area contributed by atoms with Crippen molar-refractivity contribution in [2.45, 2.75) is 13.1 Å². The fourth-order valence-corrected chi connectivity index (χ4v) is 1.92. The first kappa shape index (κ1) is 10.5. The van der Waals surface area contributed by atoms with E-state index in [0.717, 1.165) is 12.1 Å². The van der Waals surface area contributed by atoms with Crippen LogP contribution in [0.4, 0.5) is 13.2 Å². The quantitative estimate of drug-likeness (QED) is 0.783. The zero-order chi connectivity index (χ0) is 11.2. The smallest absolute Gasteiger partial charge is 0.276 e. The highest BCUT2D eigenvalue weighted by atomic mass is 79.9. The third kappa shape index (κ3) is 1.73. The van der Waals surface area contributed by atoms with Gasteiger partial charge >= 0.3 is 6.18 Å². The SMILES string of the molecule is Cc1n[nH]c2c(Br)cc(C(F)(F)F)cc12. The van der Waals surface area contributed by atoms with Crippen molar-refractivity contribution in [1.29, 1.82) is 0 Å². The Balaban J connectivity index is 2.76. The van der Waals surface area contributed by atoms with Crippen LogP contribution in [0.1, 0.15) is 11.3 Å². The summed E-state index contributed by atoms with van der Waals surface area (Å²) in [4.78, 5) is 0. The van der Waals surface area contributed by atoms with Crippen LogP contribution >= 0.6 is 15.9 Å². The lowest BCUT2D eigenvalue weighted by atomic mass is 10.1. The minimum absolute atomic E-state index is 0.368. The van der Waals surface area contributed by atoms with Crippen LogP contribution in [-0.4, -0.2) is 10.2 Å². The van der Waals surface area contributed by atoms with Crippen molar-refractivity contribution in [3.63, 3.8) is 0 Å². The predicted molar refractivity (Wildman–Crippen MR) is 53.5 cm³/mol. The fourth-order valence-electron chi connectivity index (χ4n) is 1.37. The third-order valence-corrected chi connectivity index (χ3v) is 2.77. The Kier molecular flexibility index (Phi) is 2.26. The van der Waals surface area contributed by atoms with Gasteiger partial charge in [-0.05, 0) is 35.0 Å². The van der Waals surface area contributed by atoms with E-state index >= 15 is 0 Å². The van der Waals surface area contributed by atoms with Crippen LogP contribution in [-0.2, 0) is 6.18 Å². The molecule has 15 heavy (non-hydrogen) atoms. The predicted octanol–water partition coefficient (Wildman–Crippen LogP) is 3.65. The highest BCUT2D eigenvalue weighted by Crippen LogP contribution is 2.35. The van der Waals surface area contributed by atoms with E-state index in [9.17, 15) is 13.2 Å². The first-order valence-electron chi connectivity index (χ1n) is 4.11. The molecular weight excluding hydrogens is 273 g/mol. The number of hydrogen-bond donors (Lipinski definition) is 1. The second-order valence-electron chi connectivity index (χ2n) is 3.19. The van der Waals surface area contributed by atoms with Crippen molar-refractivity contribution in [1.82, 2.24) is 10.2 Å². The molecule has 0 aliphatic heterocycles. The van der Waals surface area contributed by atoms with Gasteiger partial charge in [0.15, 0.2) is 0 Å². The van der Waals surface area contributed by atoms with Gasteiger partial charge in [0.1, 0.15) is 0 Å². The number of benzene rings is 1. The molecule has 0 unspecified atom stereocenters. The van der Waals surface area contributed by atoms with Gasteiger partial charge in [-0.25, -0.2) is 0 Å². The summed E-state index contributed by atoms with van der Waals surface area (Å²) in [5.74, 6) is 0. The molecule has 80 valence electrons. The largest absolute Gasteiger partial charge is 0.416 e. The van der Waals surface area contributed by atoms with E-state index in [1.54, 1.807) is 6.92 Å². The van der Waals surface area contributed by atoms with Crippen LogP contribution in [0.3, 0.4) is 0 Å². The van der Waals surface area contributed by atoms with Crippen molar-refractivity contribution in [3.8, 4) is 0 Å². The molecule has 0 radical (unpaired) electrons. The number of aromatic nitrogens is 2. The van der Waals surface area contributed by atoms with Crippen molar-refractivity contribution in [2.24, 2.45) is 0 Å². The molecule has 1 heterocycles. The van der Waals surface area contributed by atoms with Gasteiger partial charge < -0.3 is 0 Å². The number of rotatable bonds is 0. The maximum atomic E-state index is 12.5. The Morgan fingerprint density at radius 2 is 2.00 bits per heavy atom. The molecule has 0 atom stereocenters. The number of nitrogens with one attached hydrogen (secondary N) is 1. The fraction of sp³-hybridized carbons (Fsp3) is 0.222. The van der Waals surface area contributed by atoms with E-state index in [0.29, 0.717) is 21.1 Å². The average molecular weight is 279 g/mol. The zero-order valence-electron chi connectivity index (χ0n) is 7.61. The van der Waals surface area contributed by atoms with Crippen LogP contribution in [0, 0.1) is 6.92 Å². The number of nitrogens with zero attached hydrogens (tertiary/aromatic N) is 1. The highest BCUT2D eigenvalue weighted by Gasteiger charge is 2.31. The molecule has 6 heteroatoms. The molecule has 1 aromatic heterocycles. The number of halogens is 4. The summed E-state index contributed by atoms with van der Waals surface area (Å²) in [6.45, 7) is 1.66. The van der Waals surface area contributed by atoms with E-state index in [-0.39, 0.29) is 0 Å². The first-order valence-corrected chi connectivity index (χ1v) is 4.90. The Labute approximate surface area is 91.6 Å². The summed E-state index contributed by atoms with van der Waals surface area (Å²) < 4.78 is 37.8. The molecule has 2 aromatic rings. The number of aromatic amines is 1. The molecule has 0 aliphatic carbocycles. The molecule has 0 saturated carbocycles. The van der Waals surface area contributed by atoms with Crippen LogP contribution in [0.5, 0.6) is 0 Å². The Hall–Kier alpha value is -1.04. The molecule has 0 saturated heterocycles. The molecule has 1 N–H and O–H groups in total. The molecule has 0 spiro atoms. The van der Waals surface area contributed by atoms with Gasteiger partial charge in [0, 0.05) is 9.86 Å². The first-order chi connectivity index (χ1) is 6.89. The molecule has 0 fully saturated rings. The van der Waals surface area contributed by atoms with Crippen molar-refractivity contribution in [3.05, 3.63) is 27.9 Å². The third-order valence-electron chi connectivity index (χ3n) is 2.14. The number of fused-ring (bicyclic) bond motifs is 1. The number of alkyl halides is 3. The number of H-pyrrole nitrogens is 1. The van der Waals surface area contributed by atoms with Crippen molar-refractivity contribution < 1.29 is 13.2 Å². The summed E-state index contributed by atoms with van der Waals surface area (Å²) in [5.41, 5.74) is 0.462. The van der Waals surface area contributed by atoms with Crippen LogP contribution in [0.15, 0.2) is 16.6 Å². The highest BCUT2D eigenvalue weighted by molar-refractivity contribution is 9.10. The molecule has 0 amide bonds. The van der Waals surface area contributed by atoms with Crippen molar-refractivity contribution in [2.75, 3.05) is 0 Å². The Bertz CT molecular complexity index is 516. The van der Waals surface area contributed by atoms with E-state index in [4.69, 9.17) is 0 Å². The summed E-state index contributed by atoms with van der Waals surface area (Å²) in [6.07, 6.45) is -4.33. The van der Waals surface area contributed by atoms with Gasteiger partial charge in [-0.1, -0.05) is 0 Å². The molecule has 0 aliphatic rings. The minimum Gasteiger partial charge on any atom is -0.276 e. The van der Waals surface area contributed by atoms with Gasteiger partial charge in [-0.3, -0.25) is 5.10 Å².